The molecule has 0 unspecified atom stereocenters. The molecule has 0 aromatic heterocycles. The zero-order valence-electron chi connectivity index (χ0n) is 8.94. The first-order chi connectivity index (χ1) is 5.47. The lowest BCUT2D eigenvalue weighted by Crippen LogP contribution is -2.32. The van der Waals surface area contributed by atoms with Crippen LogP contribution in [0.15, 0.2) is 0 Å². The van der Waals surface area contributed by atoms with Crippen LogP contribution in [-0.2, 0) is 4.74 Å². The first-order valence-electron chi connectivity index (χ1n) is 4.96. The minimum atomic E-state index is 0.463. The van der Waals surface area contributed by atoms with Crippen LogP contribution < -0.4 is 0 Å². The predicted molar refractivity (Wildman–Crippen MR) is 52.2 cm³/mol. The van der Waals surface area contributed by atoms with Crippen molar-refractivity contribution in [3.8, 4) is 0 Å². The third-order valence-corrected chi connectivity index (χ3v) is 3.30. The van der Waals surface area contributed by atoms with Crippen LogP contribution >= 0.6 is 0 Å². The zero-order valence-corrected chi connectivity index (χ0v) is 8.94. The van der Waals surface area contributed by atoms with Crippen molar-refractivity contribution in [1.29, 1.82) is 0 Å². The van der Waals surface area contributed by atoms with Crippen LogP contribution in [0, 0.1) is 10.8 Å². The van der Waals surface area contributed by atoms with Gasteiger partial charge in [0.25, 0.3) is 0 Å². The Morgan fingerprint density at radius 2 is 1.50 bits per heavy atom. The molecule has 0 N–H and O–H groups in total. The number of ether oxygens (including phenoxy) is 1. The molecule has 0 spiro atoms. The minimum absolute atomic E-state index is 0.463. The molecular formula is C11H22O. The van der Waals surface area contributed by atoms with Crippen molar-refractivity contribution in [3.63, 3.8) is 0 Å². The first-order valence-corrected chi connectivity index (χ1v) is 4.96. The Hall–Kier alpha value is -0.0400. The summed E-state index contributed by atoms with van der Waals surface area (Å²) in [6.45, 7) is 8.04. The molecule has 0 bridgehead atoms. The van der Waals surface area contributed by atoms with E-state index in [4.69, 9.17) is 4.74 Å². The van der Waals surface area contributed by atoms with Gasteiger partial charge in [-0.2, -0.15) is 0 Å². The smallest absolute Gasteiger partial charge is 0.0516 e. The van der Waals surface area contributed by atoms with E-state index in [-0.39, 0.29) is 0 Å². The van der Waals surface area contributed by atoms with Crippen molar-refractivity contribution in [3.05, 3.63) is 0 Å². The van der Waals surface area contributed by atoms with E-state index in [2.05, 4.69) is 20.8 Å². The molecule has 1 fully saturated rings. The van der Waals surface area contributed by atoms with E-state index in [0.717, 1.165) is 6.61 Å². The molecule has 1 aliphatic rings. The van der Waals surface area contributed by atoms with Crippen LogP contribution in [0.2, 0.25) is 0 Å². The second-order valence-electron chi connectivity index (χ2n) is 5.41. The van der Waals surface area contributed by atoms with Gasteiger partial charge in [0.2, 0.25) is 0 Å². The van der Waals surface area contributed by atoms with Gasteiger partial charge in [-0.05, 0) is 36.5 Å². The van der Waals surface area contributed by atoms with Gasteiger partial charge in [0.05, 0.1) is 6.61 Å². The summed E-state index contributed by atoms with van der Waals surface area (Å²) in [5.74, 6) is 0. The summed E-state index contributed by atoms with van der Waals surface area (Å²) in [6, 6.07) is 0. The molecule has 72 valence electrons. The third-order valence-electron chi connectivity index (χ3n) is 3.30. The molecule has 12 heavy (non-hydrogen) atoms. The molecule has 0 atom stereocenters. The average molecular weight is 170 g/mol. The summed E-state index contributed by atoms with van der Waals surface area (Å²) < 4.78 is 5.25. The van der Waals surface area contributed by atoms with Crippen LogP contribution in [-0.4, -0.2) is 13.7 Å². The Labute approximate surface area is 76.5 Å². The van der Waals surface area contributed by atoms with E-state index in [0.29, 0.717) is 10.8 Å². The maximum atomic E-state index is 5.25. The van der Waals surface area contributed by atoms with E-state index in [1.54, 1.807) is 0 Å². The summed E-state index contributed by atoms with van der Waals surface area (Å²) in [4.78, 5) is 0. The Morgan fingerprint density at radius 3 is 1.92 bits per heavy atom. The van der Waals surface area contributed by atoms with Crippen LogP contribution in [0.5, 0.6) is 0 Å². The van der Waals surface area contributed by atoms with Crippen molar-refractivity contribution >= 4 is 0 Å². The quantitative estimate of drug-likeness (QED) is 0.618. The van der Waals surface area contributed by atoms with Crippen molar-refractivity contribution < 1.29 is 4.74 Å². The Balaban J connectivity index is 2.44. The summed E-state index contributed by atoms with van der Waals surface area (Å²) in [6.07, 6.45) is 5.36. The van der Waals surface area contributed by atoms with Gasteiger partial charge in [-0.1, -0.05) is 20.8 Å². The van der Waals surface area contributed by atoms with Gasteiger partial charge in [0.15, 0.2) is 0 Å². The van der Waals surface area contributed by atoms with Crippen LogP contribution in [0.4, 0.5) is 0 Å². The lowest BCUT2D eigenvalue weighted by molar-refractivity contribution is 0.0312. The standard InChI is InChI=1S/C11H22O/c1-10(2)5-7-11(3,8-6-10)9-12-4/h5-9H2,1-4H3. The van der Waals surface area contributed by atoms with Gasteiger partial charge < -0.3 is 4.74 Å². The Kier molecular flexibility index (Phi) is 2.82. The number of methoxy groups -OCH3 is 1. The molecule has 0 amide bonds. The first kappa shape index (κ1) is 10.0. The largest absolute Gasteiger partial charge is 0.384 e. The normalized spacial score (nSPS) is 27.0. The van der Waals surface area contributed by atoms with Crippen molar-refractivity contribution in [2.45, 2.75) is 46.5 Å². The van der Waals surface area contributed by atoms with Crippen molar-refractivity contribution in [2.24, 2.45) is 10.8 Å². The van der Waals surface area contributed by atoms with Crippen molar-refractivity contribution in [2.75, 3.05) is 13.7 Å². The van der Waals surface area contributed by atoms with Gasteiger partial charge in [-0.15, -0.1) is 0 Å². The molecule has 0 aromatic rings. The highest BCUT2D eigenvalue weighted by Crippen LogP contribution is 2.44. The highest BCUT2D eigenvalue weighted by atomic mass is 16.5. The number of rotatable bonds is 2. The number of hydrogen-bond acceptors (Lipinski definition) is 1. The monoisotopic (exact) mass is 170 g/mol. The summed E-state index contributed by atoms with van der Waals surface area (Å²) >= 11 is 0. The molecular weight excluding hydrogens is 148 g/mol. The number of hydrogen-bond donors (Lipinski definition) is 0. The maximum Gasteiger partial charge on any atom is 0.0516 e. The average Bonchev–Trinajstić information content (AvgIpc) is 1.98. The van der Waals surface area contributed by atoms with E-state index in [1.165, 1.54) is 25.7 Å². The second kappa shape index (κ2) is 3.37. The van der Waals surface area contributed by atoms with Crippen LogP contribution in [0.3, 0.4) is 0 Å². The summed E-state index contributed by atoms with van der Waals surface area (Å²) in [5, 5.41) is 0. The molecule has 1 rings (SSSR count). The minimum Gasteiger partial charge on any atom is -0.384 e. The van der Waals surface area contributed by atoms with Gasteiger partial charge in [-0.3, -0.25) is 0 Å². The molecule has 0 saturated heterocycles. The molecule has 1 saturated carbocycles. The van der Waals surface area contributed by atoms with Crippen LogP contribution in [0.25, 0.3) is 0 Å². The predicted octanol–water partition coefficient (Wildman–Crippen LogP) is 3.24. The van der Waals surface area contributed by atoms with E-state index >= 15 is 0 Å². The highest BCUT2D eigenvalue weighted by Gasteiger charge is 2.34. The maximum absolute atomic E-state index is 5.25. The molecule has 1 nitrogen and oxygen atoms in total. The summed E-state index contributed by atoms with van der Waals surface area (Å²) in [5.41, 5.74) is 1.04. The zero-order chi connectivity index (χ0) is 9.24. The summed E-state index contributed by atoms with van der Waals surface area (Å²) in [7, 11) is 1.81. The molecule has 0 aliphatic heterocycles. The third kappa shape index (κ3) is 2.48. The van der Waals surface area contributed by atoms with Gasteiger partial charge in [0, 0.05) is 7.11 Å². The van der Waals surface area contributed by atoms with Crippen LogP contribution in [0.1, 0.15) is 46.5 Å². The topological polar surface area (TPSA) is 9.23 Å². The Bertz CT molecular complexity index is 139. The SMILES string of the molecule is COCC1(C)CCC(C)(C)CC1. The molecule has 1 aliphatic carbocycles. The van der Waals surface area contributed by atoms with Gasteiger partial charge >= 0.3 is 0 Å². The molecule has 0 radical (unpaired) electrons. The van der Waals surface area contributed by atoms with E-state index < -0.39 is 0 Å². The molecule has 0 heterocycles. The highest BCUT2D eigenvalue weighted by molar-refractivity contribution is 4.85. The van der Waals surface area contributed by atoms with E-state index in [1.807, 2.05) is 7.11 Å². The second-order valence-corrected chi connectivity index (χ2v) is 5.41. The lowest BCUT2D eigenvalue weighted by Gasteiger charge is -2.40. The fraction of sp³-hybridized carbons (Fsp3) is 1.00. The van der Waals surface area contributed by atoms with Gasteiger partial charge in [-0.25, -0.2) is 0 Å². The Morgan fingerprint density at radius 1 is 1.00 bits per heavy atom. The fourth-order valence-corrected chi connectivity index (χ4v) is 2.02. The molecule has 0 aromatic carbocycles. The fourth-order valence-electron chi connectivity index (χ4n) is 2.02. The lowest BCUT2D eigenvalue weighted by atomic mass is 9.66. The van der Waals surface area contributed by atoms with Crippen molar-refractivity contribution in [1.82, 2.24) is 0 Å². The van der Waals surface area contributed by atoms with Gasteiger partial charge in [0.1, 0.15) is 0 Å². The molecule has 1 heteroatoms. The van der Waals surface area contributed by atoms with E-state index in [9.17, 15) is 0 Å².